The van der Waals surface area contributed by atoms with E-state index >= 15 is 0 Å². The van der Waals surface area contributed by atoms with Gasteiger partial charge >= 0.3 is 0 Å². The molecule has 0 fully saturated rings. The van der Waals surface area contributed by atoms with Gasteiger partial charge in [-0.05, 0) is 66.4 Å². The molecule has 1 unspecified atom stereocenters. The summed E-state index contributed by atoms with van der Waals surface area (Å²) in [5.41, 5.74) is 1.11. The van der Waals surface area contributed by atoms with E-state index in [-0.39, 0.29) is 24.5 Å². The number of hydrogen-bond acceptors (Lipinski definition) is 3. The molecule has 0 bridgehead atoms. The van der Waals surface area contributed by atoms with Crippen LogP contribution < -0.4 is 10.1 Å². The largest absolute Gasteiger partial charge is 0.483 e. The van der Waals surface area contributed by atoms with E-state index in [0.29, 0.717) is 34.6 Å². The van der Waals surface area contributed by atoms with Crippen LogP contribution in [0.5, 0.6) is 5.75 Å². The molecule has 2 amide bonds. The molecule has 0 aliphatic heterocycles. The first-order valence-corrected chi connectivity index (χ1v) is 11.2. The van der Waals surface area contributed by atoms with Gasteiger partial charge in [-0.1, -0.05) is 48.9 Å². The molecule has 0 heterocycles. The number of nitrogens with one attached hydrogen (secondary N) is 1. The molecule has 0 spiro atoms. The molecule has 2 aromatic rings. The Kier molecular flexibility index (Phi) is 9.66. The van der Waals surface area contributed by atoms with Crippen molar-refractivity contribution in [3.8, 4) is 5.75 Å². The average molecular weight is 496 g/mol. The summed E-state index contributed by atoms with van der Waals surface area (Å²) in [6, 6.07) is 14.5. The van der Waals surface area contributed by atoms with Gasteiger partial charge < -0.3 is 15.0 Å². The Labute approximate surface area is 191 Å². The number of benzene rings is 2. The summed E-state index contributed by atoms with van der Waals surface area (Å²) in [6.45, 7) is 5.98. The Morgan fingerprint density at radius 1 is 1.17 bits per heavy atom. The van der Waals surface area contributed by atoms with Crippen LogP contribution in [0.3, 0.4) is 0 Å². The van der Waals surface area contributed by atoms with Gasteiger partial charge in [0, 0.05) is 17.6 Å². The molecule has 2 aromatic carbocycles. The fourth-order valence-corrected chi connectivity index (χ4v) is 3.89. The number of carbonyl (C=O) groups is 2. The lowest BCUT2D eigenvalue weighted by Crippen LogP contribution is -2.52. The predicted octanol–water partition coefficient (Wildman–Crippen LogP) is 4.86. The molecule has 162 valence electrons. The zero-order valence-electron chi connectivity index (χ0n) is 17.5. The number of hydrogen-bond donors (Lipinski definition) is 1. The minimum atomic E-state index is -0.555. The van der Waals surface area contributed by atoms with Crippen LogP contribution in [-0.4, -0.2) is 41.9 Å². The molecular formula is C23H28BrClN2O3. The van der Waals surface area contributed by atoms with E-state index < -0.39 is 6.04 Å². The zero-order chi connectivity index (χ0) is 22.1. The molecular weight excluding hydrogens is 468 g/mol. The monoisotopic (exact) mass is 494 g/mol. The maximum atomic E-state index is 13.1. The van der Waals surface area contributed by atoms with Crippen molar-refractivity contribution in [1.82, 2.24) is 10.2 Å². The van der Waals surface area contributed by atoms with Crippen LogP contribution in [-0.2, 0) is 16.0 Å². The Bertz CT molecular complexity index is 846. The molecule has 1 atom stereocenters. The lowest BCUT2D eigenvalue weighted by atomic mass is 10.1. The lowest BCUT2D eigenvalue weighted by Gasteiger charge is -2.31. The van der Waals surface area contributed by atoms with E-state index in [9.17, 15) is 9.59 Å². The summed E-state index contributed by atoms with van der Waals surface area (Å²) >= 11 is 9.35. The maximum Gasteiger partial charge on any atom is 0.261 e. The van der Waals surface area contributed by atoms with Crippen molar-refractivity contribution in [3.05, 3.63) is 63.6 Å². The first-order chi connectivity index (χ1) is 14.3. The highest BCUT2D eigenvalue weighted by atomic mass is 79.9. The van der Waals surface area contributed by atoms with Gasteiger partial charge in [0.25, 0.3) is 5.91 Å². The highest BCUT2D eigenvalue weighted by Gasteiger charge is 2.29. The van der Waals surface area contributed by atoms with Crippen molar-refractivity contribution < 1.29 is 14.3 Å². The molecule has 0 aliphatic rings. The van der Waals surface area contributed by atoms with E-state index in [4.69, 9.17) is 16.3 Å². The summed E-state index contributed by atoms with van der Waals surface area (Å²) in [7, 11) is 0. The first-order valence-electron chi connectivity index (χ1n) is 10.0. The fraction of sp³-hybridized carbons (Fsp3) is 0.391. The predicted molar refractivity (Wildman–Crippen MR) is 124 cm³/mol. The van der Waals surface area contributed by atoms with E-state index in [1.807, 2.05) is 51.1 Å². The van der Waals surface area contributed by atoms with Crippen LogP contribution in [0.25, 0.3) is 0 Å². The van der Waals surface area contributed by atoms with Gasteiger partial charge in [-0.15, -0.1) is 0 Å². The van der Waals surface area contributed by atoms with Crippen molar-refractivity contribution in [3.63, 3.8) is 0 Å². The summed E-state index contributed by atoms with van der Waals surface area (Å²) in [5.74, 6) is 0.135. The van der Waals surface area contributed by atoms with Crippen molar-refractivity contribution >= 4 is 39.3 Å². The van der Waals surface area contributed by atoms with E-state index in [2.05, 4.69) is 21.2 Å². The molecule has 7 heteroatoms. The van der Waals surface area contributed by atoms with E-state index in [1.54, 1.807) is 23.1 Å². The minimum absolute atomic E-state index is 0.00102. The Morgan fingerprint density at radius 3 is 2.47 bits per heavy atom. The van der Waals surface area contributed by atoms with Gasteiger partial charge in [-0.3, -0.25) is 9.59 Å². The summed E-state index contributed by atoms with van der Waals surface area (Å²) in [5, 5.41) is 3.49. The Hall–Kier alpha value is -2.05. The molecule has 0 aliphatic carbocycles. The summed E-state index contributed by atoms with van der Waals surface area (Å²) in [6.07, 6.45) is 1.17. The van der Waals surface area contributed by atoms with Gasteiger partial charge in [0.05, 0.1) is 4.47 Å². The average Bonchev–Trinajstić information content (AvgIpc) is 2.70. The van der Waals surface area contributed by atoms with Crippen LogP contribution in [0, 0.1) is 0 Å². The third-order valence-corrected chi connectivity index (χ3v) is 5.40. The van der Waals surface area contributed by atoms with Crippen molar-refractivity contribution in [2.75, 3.05) is 13.2 Å². The summed E-state index contributed by atoms with van der Waals surface area (Å²) in [4.78, 5) is 27.4. The number of carbonyl (C=O) groups excluding carboxylic acids is 2. The zero-order valence-corrected chi connectivity index (χ0v) is 19.9. The fourth-order valence-electron chi connectivity index (χ4n) is 3.09. The van der Waals surface area contributed by atoms with Gasteiger partial charge in [0.15, 0.2) is 6.61 Å². The lowest BCUT2D eigenvalue weighted by molar-refractivity contribution is -0.142. The van der Waals surface area contributed by atoms with Crippen molar-refractivity contribution in [2.24, 2.45) is 0 Å². The van der Waals surface area contributed by atoms with Gasteiger partial charge in [0.1, 0.15) is 11.8 Å². The van der Waals surface area contributed by atoms with Gasteiger partial charge in [0.2, 0.25) is 5.91 Å². The maximum absolute atomic E-state index is 13.1. The quantitative estimate of drug-likeness (QED) is 0.512. The van der Waals surface area contributed by atoms with Crippen molar-refractivity contribution in [1.29, 1.82) is 0 Å². The second-order valence-corrected chi connectivity index (χ2v) is 8.56. The molecule has 0 saturated carbocycles. The molecule has 30 heavy (non-hydrogen) atoms. The number of nitrogens with zero attached hydrogens (tertiary/aromatic N) is 1. The second-order valence-electron chi connectivity index (χ2n) is 7.27. The number of halogens is 2. The molecule has 0 radical (unpaired) electrons. The molecule has 2 rings (SSSR count). The number of amides is 2. The smallest absolute Gasteiger partial charge is 0.261 e. The van der Waals surface area contributed by atoms with Crippen LogP contribution in [0.2, 0.25) is 5.02 Å². The van der Waals surface area contributed by atoms with Crippen LogP contribution in [0.15, 0.2) is 53.0 Å². The second kappa shape index (κ2) is 12.0. The van der Waals surface area contributed by atoms with Crippen molar-refractivity contribution in [2.45, 2.75) is 45.7 Å². The van der Waals surface area contributed by atoms with Gasteiger partial charge in [-0.2, -0.15) is 0 Å². The van der Waals surface area contributed by atoms with Crippen LogP contribution in [0.4, 0.5) is 0 Å². The molecule has 0 aromatic heterocycles. The Morgan fingerprint density at radius 2 is 1.87 bits per heavy atom. The van der Waals surface area contributed by atoms with E-state index in [1.165, 1.54) is 0 Å². The third-order valence-electron chi connectivity index (χ3n) is 4.55. The van der Waals surface area contributed by atoms with Crippen LogP contribution in [0.1, 0.15) is 32.8 Å². The summed E-state index contributed by atoms with van der Waals surface area (Å²) < 4.78 is 6.38. The molecule has 1 N–H and O–H groups in total. The Balaban J connectivity index is 2.14. The normalized spacial score (nSPS) is 11.8. The highest BCUT2D eigenvalue weighted by molar-refractivity contribution is 9.10. The number of rotatable bonds is 10. The molecule has 0 saturated heterocycles. The third kappa shape index (κ3) is 7.33. The van der Waals surface area contributed by atoms with Crippen LogP contribution >= 0.6 is 27.5 Å². The topological polar surface area (TPSA) is 58.6 Å². The van der Waals surface area contributed by atoms with E-state index in [0.717, 1.165) is 5.56 Å². The minimum Gasteiger partial charge on any atom is -0.483 e. The number of ether oxygens (including phenoxy) is 1. The molecule has 5 nitrogen and oxygen atoms in total. The van der Waals surface area contributed by atoms with Gasteiger partial charge in [-0.25, -0.2) is 0 Å². The SMILES string of the molecule is CCC(C(=O)NC(C)C)N(CCc1ccccc1)C(=O)COc1ccc(Cl)cc1Br. The highest BCUT2D eigenvalue weighted by Crippen LogP contribution is 2.28. The standard InChI is InChI=1S/C23H28BrClN2O3/c1-4-20(23(29)26-16(2)3)27(13-12-17-8-6-5-7-9-17)22(28)15-30-21-11-10-18(25)14-19(21)24/h5-11,14,16,20H,4,12-13,15H2,1-3H3,(H,26,29). The first kappa shape index (κ1) is 24.2.